The van der Waals surface area contributed by atoms with Crippen LogP contribution in [-0.4, -0.2) is 47.8 Å². The van der Waals surface area contributed by atoms with E-state index in [4.69, 9.17) is 4.74 Å². The van der Waals surface area contributed by atoms with Crippen molar-refractivity contribution in [3.63, 3.8) is 0 Å². The normalized spacial score (nSPS) is 24.6. The molecule has 4 atom stereocenters. The number of nitrogens with zero attached hydrogens (tertiary/aromatic N) is 1. The molecule has 3 rings (SSSR count). The average Bonchev–Trinajstić information content (AvgIpc) is 2.74. The number of hydrogen-bond donors (Lipinski definition) is 2. The average molecular weight is 398 g/mol. The van der Waals surface area contributed by atoms with Gasteiger partial charge in [0, 0.05) is 13.1 Å². The highest BCUT2D eigenvalue weighted by Gasteiger charge is 2.40. The number of aliphatic hydroxyl groups is 1. The van der Waals surface area contributed by atoms with Crippen molar-refractivity contribution >= 4 is 5.97 Å². The minimum atomic E-state index is -0.904. The van der Waals surface area contributed by atoms with Gasteiger partial charge in [0.05, 0.1) is 19.1 Å². The van der Waals surface area contributed by atoms with Crippen LogP contribution in [0.15, 0.2) is 54.6 Å². The zero-order valence-corrected chi connectivity index (χ0v) is 17.4. The van der Waals surface area contributed by atoms with E-state index in [0.29, 0.717) is 12.5 Å². The Morgan fingerprint density at radius 1 is 1.24 bits per heavy atom. The van der Waals surface area contributed by atoms with Crippen molar-refractivity contribution in [1.82, 2.24) is 4.90 Å². The van der Waals surface area contributed by atoms with Crippen LogP contribution >= 0.6 is 0 Å². The van der Waals surface area contributed by atoms with E-state index >= 15 is 0 Å². The second-order valence-corrected chi connectivity index (χ2v) is 8.36. The van der Waals surface area contributed by atoms with Crippen LogP contribution in [0.1, 0.15) is 37.5 Å². The first kappa shape index (κ1) is 21.3. The molecule has 1 heterocycles. The number of piperidine rings is 1. The minimum absolute atomic E-state index is 0.0476. The number of ether oxygens (including phenoxy) is 1. The quantitative estimate of drug-likeness (QED) is 0.730. The maximum atomic E-state index is 12.4. The van der Waals surface area contributed by atoms with Crippen molar-refractivity contribution < 1.29 is 19.7 Å². The molecule has 0 spiro atoms. The molecule has 0 unspecified atom stereocenters. The molecule has 156 valence electrons. The van der Waals surface area contributed by atoms with Gasteiger partial charge in [0.2, 0.25) is 0 Å². The molecule has 1 aliphatic heterocycles. The lowest BCUT2D eigenvalue weighted by molar-refractivity contribution is -0.151. The number of esters is 1. The van der Waals surface area contributed by atoms with Crippen molar-refractivity contribution in [2.45, 2.75) is 31.8 Å². The summed E-state index contributed by atoms with van der Waals surface area (Å²) in [6.07, 6.45) is 0.00535. The zero-order valence-electron chi connectivity index (χ0n) is 17.4. The van der Waals surface area contributed by atoms with E-state index in [0.717, 1.165) is 30.6 Å². The van der Waals surface area contributed by atoms with Gasteiger partial charge in [-0.05, 0) is 47.6 Å². The number of carbonyl (C=O) groups is 1. The fraction of sp³-hybridized carbons (Fsp3) is 0.458. The van der Waals surface area contributed by atoms with Crippen LogP contribution in [0.2, 0.25) is 0 Å². The highest BCUT2D eigenvalue weighted by atomic mass is 16.5. The maximum absolute atomic E-state index is 12.4. The molecule has 0 saturated carbocycles. The molecule has 1 aliphatic rings. The Hall–Kier alpha value is -2.37. The highest BCUT2D eigenvalue weighted by molar-refractivity contribution is 5.73. The van der Waals surface area contributed by atoms with Crippen LogP contribution in [0.5, 0.6) is 5.75 Å². The SMILES string of the molecule is COC(=O)[C@H](CN1CC[C@@](C)(c2cccc(O)c2)[C@@H](C)C1)[C@H](O)c1ccccc1. The van der Waals surface area contributed by atoms with Gasteiger partial charge in [-0.25, -0.2) is 0 Å². The van der Waals surface area contributed by atoms with Gasteiger partial charge in [0.25, 0.3) is 0 Å². The van der Waals surface area contributed by atoms with Crippen molar-refractivity contribution in [1.29, 1.82) is 0 Å². The number of hydrogen-bond acceptors (Lipinski definition) is 5. The third-order valence-electron chi connectivity index (χ3n) is 6.55. The fourth-order valence-corrected chi connectivity index (χ4v) is 4.39. The Kier molecular flexibility index (Phi) is 6.60. The van der Waals surface area contributed by atoms with Crippen molar-refractivity contribution in [3.8, 4) is 5.75 Å². The summed E-state index contributed by atoms with van der Waals surface area (Å²) in [5.74, 6) is -0.421. The number of phenolic OH excluding ortho intramolecular Hbond substituents is 1. The summed E-state index contributed by atoms with van der Waals surface area (Å²) in [6.45, 7) is 6.51. The summed E-state index contributed by atoms with van der Waals surface area (Å²) in [7, 11) is 1.37. The summed E-state index contributed by atoms with van der Waals surface area (Å²) in [4.78, 5) is 14.7. The van der Waals surface area contributed by atoms with Gasteiger partial charge >= 0.3 is 5.97 Å². The smallest absolute Gasteiger partial charge is 0.312 e. The Morgan fingerprint density at radius 2 is 1.97 bits per heavy atom. The van der Waals surface area contributed by atoms with E-state index in [-0.39, 0.29) is 11.2 Å². The molecule has 2 aromatic rings. The molecule has 0 aliphatic carbocycles. The molecular formula is C24H31NO4. The minimum Gasteiger partial charge on any atom is -0.508 e. The van der Waals surface area contributed by atoms with Crippen LogP contribution in [0.4, 0.5) is 0 Å². The van der Waals surface area contributed by atoms with E-state index in [1.807, 2.05) is 42.5 Å². The largest absolute Gasteiger partial charge is 0.508 e. The van der Waals surface area contributed by atoms with Gasteiger partial charge in [-0.15, -0.1) is 0 Å². The maximum Gasteiger partial charge on any atom is 0.312 e. The van der Waals surface area contributed by atoms with Crippen LogP contribution in [-0.2, 0) is 14.9 Å². The Labute approximate surface area is 172 Å². The van der Waals surface area contributed by atoms with E-state index in [1.165, 1.54) is 7.11 Å². The lowest BCUT2D eigenvalue weighted by atomic mass is 9.68. The predicted molar refractivity (Wildman–Crippen MR) is 113 cm³/mol. The Balaban J connectivity index is 1.73. The van der Waals surface area contributed by atoms with E-state index in [2.05, 4.69) is 24.8 Å². The number of rotatable bonds is 6. The summed E-state index contributed by atoms with van der Waals surface area (Å²) in [6, 6.07) is 16.8. The highest BCUT2D eigenvalue weighted by Crippen LogP contribution is 2.40. The van der Waals surface area contributed by atoms with Gasteiger partial charge in [0.15, 0.2) is 0 Å². The second kappa shape index (κ2) is 8.97. The van der Waals surface area contributed by atoms with Gasteiger partial charge in [-0.1, -0.05) is 56.3 Å². The number of carbonyl (C=O) groups excluding carboxylic acids is 1. The Morgan fingerprint density at radius 3 is 2.59 bits per heavy atom. The molecule has 0 bridgehead atoms. The first-order chi connectivity index (χ1) is 13.8. The Bertz CT molecular complexity index is 825. The topological polar surface area (TPSA) is 70.0 Å². The van der Waals surface area contributed by atoms with E-state index in [1.54, 1.807) is 6.07 Å². The number of methoxy groups -OCH3 is 1. The number of likely N-dealkylation sites (tertiary alicyclic amines) is 1. The zero-order chi connectivity index (χ0) is 21.0. The first-order valence-electron chi connectivity index (χ1n) is 10.2. The molecule has 0 radical (unpaired) electrons. The molecule has 5 heteroatoms. The second-order valence-electron chi connectivity index (χ2n) is 8.36. The molecule has 5 nitrogen and oxygen atoms in total. The van der Waals surface area contributed by atoms with Crippen LogP contribution in [0, 0.1) is 11.8 Å². The predicted octanol–water partition coefficient (Wildman–Crippen LogP) is 3.51. The third-order valence-corrected chi connectivity index (χ3v) is 6.55. The van der Waals surface area contributed by atoms with Gasteiger partial charge in [0.1, 0.15) is 5.75 Å². The first-order valence-corrected chi connectivity index (χ1v) is 10.2. The van der Waals surface area contributed by atoms with Crippen LogP contribution in [0.3, 0.4) is 0 Å². The fourth-order valence-electron chi connectivity index (χ4n) is 4.39. The van der Waals surface area contributed by atoms with Crippen molar-refractivity contribution in [2.24, 2.45) is 11.8 Å². The summed E-state index contributed by atoms with van der Waals surface area (Å²) in [5, 5.41) is 20.7. The molecule has 1 fully saturated rings. The molecule has 0 amide bonds. The molecule has 0 aromatic heterocycles. The van der Waals surface area contributed by atoms with Gasteiger partial charge in [-0.3, -0.25) is 4.79 Å². The molecule has 29 heavy (non-hydrogen) atoms. The molecule has 2 aromatic carbocycles. The lowest BCUT2D eigenvalue weighted by Gasteiger charge is -2.46. The summed E-state index contributed by atoms with van der Waals surface area (Å²) >= 11 is 0. The monoisotopic (exact) mass is 397 g/mol. The van der Waals surface area contributed by atoms with E-state index in [9.17, 15) is 15.0 Å². The number of aliphatic hydroxyl groups excluding tert-OH is 1. The number of aromatic hydroxyl groups is 1. The van der Waals surface area contributed by atoms with Gasteiger partial charge in [-0.2, -0.15) is 0 Å². The van der Waals surface area contributed by atoms with Crippen LogP contribution in [0.25, 0.3) is 0 Å². The molecule has 1 saturated heterocycles. The van der Waals surface area contributed by atoms with Crippen molar-refractivity contribution in [2.75, 3.05) is 26.7 Å². The van der Waals surface area contributed by atoms with Gasteiger partial charge < -0.3 is 19.8 Å². The summed E-state index contributed by atoms with van der Waals surface area (Å²) in [5.41, 5.74) is 1.81. The number of phenols is 1. The standard InChI is InChI=1S/C24H31NO4/c1-17-15-25(13-12-24(17,2)19-10-7-11-20(26)14-19)16-21(23(28)29-3)22(27)18-8-5-4-6-9-18/h4-11,14,17,21-22,26-27H,12-13,15-16H2,1-3H3/t17-,21+,22+,24+/m0/s1. The van der Waals surface area contributed by atoms with E-state index < -0.39 is 18.0 Å². The third kappa shape index (κ3) is 4.62. The number of benzene rings is 2. The molecule has 2 N–H and O–H groups in total. The molecular weight excluding hydrogens is 366 g/mol. The summed E-state index contributed by atoms with van der Waals surface area (Å²) < 4.78 is 4.99. The van der Waals surface area contributed by atoms with Crippen molar-refractivity contribution in [3.05, 3.63) is 65.7 Å². The van der Waals surface area contributed by atoms with Crippen LogP contribution < -0.4 is 0 Å². The lowest BCUT2D eigenvalue weighted by Crippen LogP contribution is -2.49.